The Labute approximate surface area is 116 Å². The van der Waals surface area contributed by atoms with E-state index in [1.54, 1.807) is 0 Å². The van der Waals surface area contributed by atoms with Crippen LogP contribution >= 0.6 is 0 Å². The van der Waals surface area contributed by atoms with Gasteiger partial charge in [0.2, 0.25) is 5.91 Å². The summed E-state index contributed by atoms with van der Waals surface area (Å²) in [5, 5.41) is 6.36. The monoisotopic (exact) mass is 269 g/mol. The predicted octanol–water partition coefficient (Wildman–Crippen LogP) is 0.356. The minimum Gasteiger partial charge on any atom is -0.375 e. The highest BCUT2D eigenvalue weighted by atomic mass is 16.5. The van der Waals surface area contributed by atoms with Crippen molar-refractivity contribution >= 4 is 5.91 Å². The van der Waals surface area contributed by atoms with Crippen LogP contribution in [0.3, 0.4) is 0 Å². The summed E-state index contributed by atoms with van der Waals surface area (Å²) in [4.78, 5) is 14.3. The molecule has 2 aliphatic rings. The third-order valence-electron chi connectivity index (χ3n) is 4.52. The van der Waals surface area contributed by atoms with E-state index in [4.69, 9.17) is 4.74 Å². The Kier molecular flexibility index (Phi) is 5.19. The summed E-state index contributed by atoms with van der Waals surface area (Å²) in [5.74, 6) is 0.113. The van der Waals surface area contributed by atoms with Crippen LogP contribution in [0.15, 0.2) is 0 Å². The van der Waals surface area contributed by atoms with Crippen LogP contribution in [0.25, 0.3) is 0 Å². The average Bonchev–Trinajstić information content (AvgIpc) is 2.88. The van der Waals surface area contributed by atoms with Gasteiger partial charge in [-0.15, -0.1) is 0 Å². The molecule has 1 saturated carbocycles. The van der Waals surface area contributed by atoms with E-state index in [9.17, 15) is 4.79 Å². The zero-order valence-corrected chi connectivity index (χ0v) is 12.2. The maximum atomic E-state index is 12.0. The number of hydrogen-bond acceptors (Lipinski definition) is 4. The summed E-state index contributed by atoms with van der Waals surface area (Å²) in [6.07, 6.45) is 5.40. The molecule has 0 bridgehead atoms. The molecule has 0 aromatic rings. The lowest BCUT2D eigenvalue weighted by molar-refractivity contribution is -0.125. The number of amides is 1. The van der Waals surface area contributed by atoms with E-state index in [0.717, 1.165) is 19.6 Å². The molecular weight excluding hydrogens is 242 g/mol. The Bertz CT molecular complexity index is 295. The SMILES string of the molecule is CN(C)C1(CNC(=O)CC2CNCCO2)CCCC1. The van der Waals surface area contributed by atoms with Crippen LogP contribution in [-0.2, 0) is 9.53 Å². The summed E-state index contributed by atoms with van der Waals surface area (Å²) in [7, 11) is 4.23. The molecule has 1 unspecified atom stereocenters. The van der Waals surface area contributed by atoms with E-state index in [-0.39, 0.29) is 17.6 Å². The molecule has 19 heavy (non-hydrogen) atoms. The van der Waals surface area contributed by atoms with Crippen LogP contribution in [0.1, 0.15) is 32.1 Å². The fraction of sp³-hybridized carbons (Fsp3) is 0.929. The highest BCUT2D eigenvalue weighted by Gasteiger charge is 2.36. The number of nitrogens with zero attached hydrogens (tertiary/aromatic N) is 1. The molecule has 5 heteroatoms. The highest BCUT2D eigenvalue weighted by molar-refractivity contribution is 5.76. The van der Waals surface area contributed by atoms with Crippen LogP contribution in [0.5, 0.6) is 0 Å². The van der Waals surface area contributed by atoms with E-state index < -0.39 is 0 Å². The van der Waals surface area contributed by atoms with Gasteiger partial charge >= 0.3 is 0 Å². The fourth-order valence-electron chi connectivity index (χ4n) is 3.11. The van der Waals surface area contributed by atoms with E-state index in [0.29, 0.717) is 13.0 Å². The molecule has 110 valence electrons. The molecule has 1 amide bonds. The van der Waals surface area contributed by atoms with Gasteiger partial charge in [-0.05, 0) is 26.9 Å². The number of likely N-dealkylation sites (N-methyl/N-ethyl adjacent to an activating group) is 1. The lowest BCUT2D eigenvalue weighted by Crippen LogP contribution is -2.51. The minimum atomic E-state index is 0.0348. The van der Waals surface area contributed by atoms with Gasteiger partial charge in [0, 0.05) is 25.2 Å². The van der Waals surface area contributed by atoms with E-state index in [1.165, 1.54) is 25.7 Å². The number of carbonyl (C=O) groups is 1. The molecule has 1 heterocycles. The van der Waals surface area contributed by atoms with Crippen molar-refractivity contribution in [1.82, 2.24) is 15.5 Å². The summed E-state index contributed by atoms with van der Waals surface area (Å²) in [6, 6.07) is 0. The van der Waals surface area contributed by atoms with Gasteiger partial charge in [0.25, 0.3) is 0 Å². The molecule has 2 fully saturated rings. The van der Waals surface area contributed by atoms with Gasteiger partial charge in [0.15, 0.2) is 0 Å². The third kappa shape index (κ3) is 3.91. The smallest absolute Gasteiger partial charge is 0.222 e. The summed E-state index contributed by atoms with van der Waals surface area (Å²) in [6.45, 7) is 3.15. The molecule has 5 nitrogen and oxygen atoms in total. The molecule has 0 spiro atoms. The van der Waals surface area contributed by atoms with E-state index in [2.05, 4.69) is 29.6 Å². The van der Waals surface area contributed by atoms with Gasteiger partial charge in [-0.2, -0.15) is 0 Å². The van der Waals surface area contributed by atoms with Crippen molar-refractivity contribution in [2.75, 3.05) is 40.3 Å². The van der Waals surface area contributed by atoms with Crippen molar-refractivity contribution in [3.63, 3.8) is 0 Å². The molecule has 0 aromatic heterocycles. The Hall–Kier alpha value is -0.650. The first-order chi connectivity index (χ1) is 9.12. The quantitative estimate of drug-likeness (QED) is 0.756. The Morgan fingerprint density at radius 2 is 2.16 bits per heavy atom. The Morgan fingerprint density at radius 1 is 1.42 bits per heavy atom. The van der Waals surface area contributed by atoms with Crippen molar-refractivity contribution in [2.45, 2.75) is 43.7 Å². The van der Waals surface area contributed by atoms with Gasteiger partial charge in [0.05, 0.1) is 19.1 Å². The first-order valence-electron chi connectivity index (χ1n) is 7.39. The first-order valence-corrected chi connectivity index (χ1v) is 7.39. The topological polar surface area (TPSA) is 53.6 Å². The molecule has 1 atom stereocenters. The third-order valence-corrected chi connectivity index (χ3v) is 4.52. The number of nitrogens with one attached hydrogen (secondary N) is 2. The predicted molar refractivity (Wildman–Crippen MR) is 75.1 cm³/mol. The first kappa shape index (κ1) is 14.8. The standard InChI is InChI=1S/C14H27N3O2/c1-17(2)14(5-3-4-6-14)11-16-13(18)9-12-10-15-7-8-19-12/h12,15H,3-11H2,1-2H3,(H,16,18). The minimum absolute atomic E-state index is 0.0348. The average molecular weight is 269 g/mol. The summed E-state index contributed by atoms with van der Waals surface area (Å²) < 4.78 is 5.56. The number of hydrogen-bond donors (Lipinski definition) is 2. The Balaban J connectivity index is 1.75. The Morgan fingerprint density at radius 3 is 2.74 bits per heavy atom. The van der Waals surface area contributed by atoms with Crippen LogP contribution < -0.4 is 10.6 Å². The van der Waals surface area contributed by atoms with Crippen LogP contribution in [0.4, 0.5) is 0 Å². The van der Waals surface area contributed by atoms with Crippen molar-refractivity contribution < 1.29 is 9.53 Å². The maximum absolute atomic E-state index is 12.0. The maximum Gasteiger partial charge on any atom is 0.222 e. The zero-order valence-electron chi connectivity index (χ0n) is 12.2. The molecule has 1 aliphatic carbocycles. The number of morpholine rings is 1. The lowest BCUT2D eigenvalue weighted by atomic mass is 9.96. The molecule has 0 aromatic carbocycles. The molecule has 0 radical (unpaired) electrons. The largest absolute Gasteiger partial charge is 0.375 e. The molecule has 2 rings (SSSR count). The van der Waals surface area contributed by atoms with Gasteiger partial charge < -0.3 is 20.3 Å². The molecule has 1 aliphatic heterocycles. The highest BCUT2D eigenvalue weighted by Crippen LogP contribution is 2.33. The van der Waals surface area contributed by atoms with E-state index in [1.807, 2.05) is 0 Å². The second kappa shape index (κ2) is 6.68. The zero-order chi connectivity index (χ0) is 13.7. The van der Waals surface area contributed by atoms with E-state index >= 15 is 0 Å². The lowest BCUT2D eigenvalue weighted by Gasteiger charge is -2.36. The number of rotatable bonds is 5. The van der Waals surface area contributed by atoms with Crippen LogP contribution in [0.2, 0.25) is 0 Å². The van der Waals surface area contributed by atoms with Gasteiger partial charge in [-0.1, -0.05) is 12.8 Å². The molecular formula is C14H27N3O2. The van der Waals surface area contributed by atoms with Gasteiger partial charge in [-0.3, -0.25) is 4.79 Å². The van der Waals surface area contributed by atoms with Gasteiger partial charge in [-0.25, -0.2) is 0 Å². The second-order valence-corrected chi connectivity index (χ2v) is 6.00. The molecule has 1 saturated heterocycles. The summed E-state index contributed by atoms with van der Waals surface area (Å²) in [5.41, 5.74) is 0.168. The normalized spacial score (nSPS) is 26.6. The van der Waals surface area contributed by atoms with Crippen LogP contribution in [-0.4, -0.2) is 62.8 Å². The number of carbonyl (C=O) groups excluding carboxylic acids is 1. The van der Waals surface area contributed by atoms with Crippen LogP contribution in [0, 0.1) is 0 Å². The summed E-state index contributed by atoms with van der Waals surface area (Å²) >= 11 is 0. The van der Waals surface area contributed by atoms with Crippen molar-refractivity contribution in [1.29, 1.82) is 0 Å². The number of ether oxygens (including phenoxy) is 1. The molecule has 2 N–H and O–H groups in total. The van der Waals surface area contributed by atoms with Crippen molar-refractivity contribution in [2.24, 2.45) is 0 Å². The van der Waals surface area contributed by atoms with Gasteiger partial charge in [0.1, 0.15) is 0 Å². The fourth-order valence-corrected chi connectivity index (χ4v) is 3.11. The second-order valence-electron chi connectivity index (χ2n) is 6.00. The van der Waals surface area contributed by atoms with Crippen molar-refractivity contribution in [3.8, 4) is 0 Å². The van der Waals surface area contributed by atoms with Crippen molar-refractivity contribution in [3.05, 3.63) is 0 Å².